The molecule has 2 aromatic carbocycles. The van der Waals surface area contributed by atoms with Crippen LogP contribution in [0.15, 0.2) is 51.2 Å². The molecular formula is C16H9ClN4O3S2. The molecule has 2 aromatic heterocycles. The van der Waals surface area contributed by atoms with Crippen molar-refractivity contribution in [3.8, 4) is 11.5 Å². The van der Waals surface area contributed by atoms with Gasteiger partial charge in [0.05, 0.1) is 20.9 Å². The number of nitro benzene ring substituents is 1. The standard InChI is InChI=1S/C16H9ClN4O3S2/c17-10-3-1-9(2-4-10)15-20-19-14(24-15)8-25-16-18-12-6-5-11(21(22)23)7-13(12)26-16/h1-7H,8H2. The van der Waals surface area contributed by atoms with E-state index in [0.29, 0.717) is 22.6 Å². The molecule has 26 heavy (non-hydrogen) atoms. The average Bonchev–Trinajstić information content (AvgIpc) is 3.26. The SMILES string of the molecule is O=[N+]([O-])c1ccc2nc(SCc3nnc(-c4ccc(Cl)cc4)o3)sc2c1. The summed E-state index contributed by atoms with van der Waals surface area (Å²) in [6, 6.07) is 11.8. The molecule has 7 nitrogen and oxygen atoms in total. The molecule has 0 unspecified atom stereocenters. The second kappa shape index (κ2) is 7.02. The highest BCUT2D eigenvalue weighted by atomic mass is 35.5. The number of nitrogens with zero attached hydrogens (tertiary/aromatic N) is 4. The molecule has 2 heterocycles. The number of non-ortho nitro benzene ring substituents is 1. The first-order chi connectivity index (χ1) is 12.6. The number of rotatable bonds is 5. The third kappa shape index (κ3) is 3.55. The smallest absolute Gasteiger partial charge is 0.270 e. The largest absolute Gasteiger partial charge is 0.420 e. The van der Waals surface area contributed by atoms with Crippen LogP contribution in [-0.4, -0.2) is 20.1 Å². The first-order valence-corrected chi connectivity index (χ1v) is 9.52. The fourth-order valence-corrected chi connectivity index (χ4v) is 4.28. The Kier molecular flexibility index (Phi) is 4.58. The van der Waals surface area contributed by atoms with Crippen LogP contribution >= 0.6 is 34.7 Å². The molecule has 0 radical (unpaired) electrons. The van der Waals surface area contributed by atoms with Gasteiger partial charge in [0.15, 0.2) is 4.34 Å². The van der Waals surface area contributed by atoms with Gasteiger partial charge in [-0.3, -0.25) is 10.1 Å². The summed E-state index contributed by atoms with van der Waals surface area (Å²) in [5.41, 5.74) is 1.59. The lowest BCUT2D eigenvalue weighted by molar-refractivity contribution is -0.384. The molecule has 0 saturated carbocycles. The molecule has 4 rings (SSSR count). The van der Waals surface area contributed by atoms with Crippen molar-refractivity contribution < 1.29 is 9.34 Å². The predicted octanol–water partition coefficient (Wildman–Crippen LogP) is 5.20. The molecule has 0 fully saturated rings. The number of hydrogen-bond donors (Lipinski definition) is 0. The number of hydrogen-bond acceptors (Lipinski definition) is 8. The van der Waals surface area contributed by atoms with Crippen molar-refractivity contribution in [3.05, 3.63) is 63.5 Å². The zero-order valence-corrected chi connectivity index (χ0v) is 15.3. The fourth-order valence-electron chi connectivity index (χ4n) is 2.21. The van der Waals surface area contributed by atoms with E-state index in [1.807, 2.05) is 12.1 Å². The van der Waals surface area contributed by atoms with Gasteiger partial charge in [0.25, 0.3) is 5.69 Å². The van der Waals surface area contributed by atoms with Gasteiger partial charge in [0.2, 0.25) is 11.8 Å². The second-order valence-corrected chi connectivity index (χ2v) is 7.87. The van der Waals surface area contributed by atoms with Crippen LogP contribution in [0.2, 0.25) is 5.02 Å². The van der Waals surface area contributed by atoms with Crippen LogP contribution in [0.5, 0.6) is 0 Å². The summed E-state index contributed by atoms with van der Waals surface area (Å²) in [7, 11) is 0. The zero-order chi connectivity index (χ0) is 18.1. The molecule has 0 spiro atoms. The first-order valence-electron chi connectivity index (χ1n) is 7.34. The molecule has 0 aliphatic heterocycles. The van der Waals surface area contributed by atoms with E-state index >= 15 is 0 Å². The highest BCUT2D eigenvalue weighted by molar-refractivity contribution is 8.00. The minimum atomic E-state index is -0.414. The quantitative estimate of drug-likeness (QED) is 0.256. The van der Waals surface area contributed by atoms with E-state index in [2.05, 4.69) is 15.2 Å². The molecule has 4 aromatic rings. The average molecular weight is 405 g/mol. The minimum Gasteiger partial charge on any atom is -0.420 e. The van der Waals surface area contributed by atoms with E-state index in [1.165, 1.54) is 35.2 Å². The Hall–Kier alpha value is -2.49. The highest BCUT2D eigenvalue weighted by Crippen LogP contribution is 2.33. The van der Waals surface area contributed by atoms with E-state index in [-0.39, 0.29) is 5.69 Å². The van der Waals surface area contributed by atoms with Crippen LogP contribution < -0.4 is 0 Å². The Morgan fingerprint density at radius 3 is 2.77 bits per heavy atom. The second-order valence-electron chi connectivity index (χ2n) is 5.19. The Labute approximate surface area is 160 Å². The number of aromatic nitrogens is 3. The van der Waals surface area contributed by atoms with Crippen molar-refractivity contribution in [1.82, 2.24) is 15.2 Å². The van der Waals surface area contributed by atoms with E-state index in [4.69, 9.17) is 16.0 Å². The van der Waals surface area contributed by atoms with Crippen LogP contribution in [-0.2, 0) is 5.75 Å². The molecular weight excluding hydrogens is 396 g/mol. The molecule has 0 bridgehead atoms. The van der Waals surface area contributed by atoms with Crippen molar-refractivity contribution >= 4 is 50.6 Å². The van der Waals surface area contributed by atoms with Gasteiger partial charge < -0.3 is 4.42 Å². The third-order valence-corrected chi connectivity index (χ3v) is 5.84. The van der Waals surface area contributed by atoms with Crippen molar-refractivity contribution in [1.29, 1.82) is 0 Å². The summed E-state index contributed by atoms with van der Waals surface area (Å²) in [5.74, 6) is 1.37. The fraction of sp³-hybridized carbons (Fsp3) is 0.0625. The van der Waals surface area contributed by atoms with Gasteiger partial charge in [-0.25, -0.2) is 4.98 Å². The lowest BCUT2D eigenvalue weighted by Gasteiger charge is -1.94. The number of halogens is 1. The van der Waals surface area contributed by atoms with Crippen LogP contribution in [0.4, 0.5) is 5.69 Å². The van der Waals surface area contributed by atoms with Gasteiger partial charge in [-0.1, -0.05) is 23.4 Å². The van der Waals surface area contributed by atoms with E-state index in [9.17, 15) is 10.1 Å². The minimum absolute atomic E-state index is 0.0576. The highest BCUT2D eigenvalue weighted by Gasteiger charge is 2.13. The summed E-state index contributed by atoms with van der Waals surface area (Å²) in [5, 5.41) is 19.6. The van der Waals surface area contributed by atoms with Gasteiger partial charge in [0, 0.05) is 22.7 Å². The number of thiazole rings is 1. The van der Waals surface area contributed by atoms with Gasteiger partial charge in [-0.15, -0.1) is 21.5 Å². The van der Waals surface area contributed by atoms with Gasteiger partial charge in [-0.2, -0.15) is 0 Å². The summed E-state index contributed by atoms with van der Waals surface area (Å²) in [6.07, 6.45) is 0. The molecule has 0 N–H and O–H groups in total. The molecule has 0 saturated heterocycles. The van der Waals surface area contributed by atoms with Crippen molar-refractivity contribution in [2.24, 2.45) is 0 Å². The maximum atomic E-state index is 10.8. The van der Waals surface area contributed by atoms with Gasteiger partial charge >= 0.3 is 0 Å². The molecule has 0 aliphatic carbocycles. The summed E-state index contributed by atoms with van der Waals surface area (Å²) in [6.45, 7) is 0. The molecule has 10 heteroatoms. The van der Waals surface area contributed by atoms with Crippen LogP contribution in [0.1, 0.15) is 5.89 Å². The summed E-state index contributed by atoms with van der Waals surface area (Å²) in [4.78, 5) is 14.9. The predicted molar refractivity (Wildman–Crippen MR) is 101 cm³/mol. The van der Waals surface area contributed by atoms with Crippen LogP contribution in [0.3, 0.4) is 0 Å². The molecule has 0 aliphatic rings. The Morgan fingerprint density at radius 1 is 1.19 bits per heavy atom. The van der Waals surface area contributed by atoms with Crippen molar-refractivity contribution in [2.75, 3.05) is 0 Å². The maximum Gasteiger partial charge on any atom is 0.270 e. The number of benzene rings is 2. The molecule has 130 valence electrons. The zero-order valence-electron chi connectivity index (χ0n) is 13.0. The van der Waals surface area contributed by atoms with E-state index in [1.54, 1.807) is 18.2 Å². The molecule has 0 atom stereocenters. The third-order valence-electron chi connectivity index (χ3n) is 3.44. The van der Waals surface area contributed by atoms with Crippen LogP contribution in [0, 0.1) is 10.1 Å². The Morgan fingerprint density at radius 2 is 2.00 bits per heavy atom. The number of fused-ring (bicyclic) bond motifs is 1. The Bertz CT molecular complexity index is 1090. The van der Waals surface area contributed by atoms with Crippen molar-refractivity contribution in [3.63, 3.8) is 0 Å². The van der Waals surface area contributed by atoms with E-state index in [0.717, 1.165) is 20.1 Å². The summed E-state index contributed by atoms with van der Waals surface area (Å²) >= 11 is 8.71. The first kappa shape index (κ1) is 17.0. The molecule has 0 amide bonds. The van der Waals surface area contributed by atoms with Gasteiger partial charge in [0.1, 0.15) is 0 Å². The van der Waals surface area contributed by atoms with E-state index < -0.39 is 4.92 Å². The normalized spacial score (nSPS) is 11.1. The van der Waals surface area contributed by atoms with Crippen LogP contribution in [0.25, 0.3) is 21.7 Å². The van der Waals surface area contributed by atoms with Crippen molar-refractivity contribution in [2.45, 2.75) is 10.1 Å². The Balaban J connectivity index is 1.48. The topological polar surface area (TPSA) is 95.0 Å². The lowest BCUT2D eigenvalue weighted by Crippen LogP contribution is -1.85. The van der Waals surface area contributed by atoms with Gasteiger partial charge in [-0.05, 0) is 30.3 Å². The number of nitro groups is 1. The monoisotopic (exact) mass is 404 g/mol. The summed E-state index contributed by atoms with van der Waals surface area (Å²) < 4.78 is 7.21. The number of thioether (sulfide) groups is 1. The maximum absolute atomic E-state index is 10.8. The lowest BCUT2D eigenvalue weighted by atomic mass is 10.2.